The van der Waals surface area contributed by atoms with E-state index in [0.717, 1.165) is 15.8 Å². The molecule has 0 aliphatic carbocycles. The van der Waals surface area contributed by atoms with E-state index in [1.165, 1.54) is 0 Å². The molecule has 2 aliphatic rings. The van der Waals surface area contributed by atoms with Crippen LogP contribution in [-0.2, 0) is 16.1 Å². The van der Waals surface area contributed by atoms with Gasteiger partial charge in [-0.3, -0.25) is 4.79 Å². The minimum atomic E-state index is -0.110. The van der Waals surface area contributed by atoms with Crippen LogP contribution in [0.1, 0.15) is 11.3 Å². The highest BCUT2D eigenvalue weighted by Gasteiger charge is 2.36. The molecule has 2 aliphatic heterocycles. The molecule has 6 nitrogen and oxygen atoms in total. The number of carbonyl (C=O) groups excluding carboxylic acids is 2. The van der Waals surface area contributed by atoms with Gasteiger partial charge < -0.3 is 20.3 Å². The Morgan fingerprint density at radius 1 is 1.62 bits per heavy atom. The van der Waals surface area contributed by atoms with E-state index in [2.05, 4.69) is 26.6 Å². The zero-order chi connectivity index (χ0) is 14.8. The predicted octanol–water partition coefficient (Wildman–Crippen LogP) is 1.31. The number of carbonyl (C=O) groups is 2. The first-order chi connectivity index (χ1) is 10.1. The fourth-order valence-electron chi connectivity index (χ4n) is 2.60. The average molecular weight is 374 g/mol. The van der Waals surface area contributed by atoms with E-state index in [0.29, 0.717) is 19.6 Å². The second-order valence-corrected chi connectivity index (χ2v) is 6.96. The number of fused-ring (bicyclic) bond motifs is 1. The lowest BCUT2D eigenvalue weighted by atomic mass is 10.0. The van der Waals surface area contributed by atoms with E-state index in [9.17, 15) is 9.59 Å². The fraction of sp³-hybridized carbons (Fsp3) is 0.538. The van der Waals surface area contributed by atoms with Gasteiger partial charge >= 0.3 is 6.03 Å². The summed E-state index contributed by atoms with van der Waals surface area (Å²) < 4.78 is 6.50. The van der Waals surface area contributed by atoms with Gasteiger partial charge in [0.05, 0.1) is 18.7 Å². The van der Waals surface area contributed by atoms with Crippen LogP contribution in [0.15, 0.2) is 15.9 Å². The minimum Gasteiger partial charge on any atom is -0.366 e. The number of hydrogen-bond donors (Lipinski definition) is 2. The third kappa shape index (κ3) is 3.38. The van der Waals surface area contributed by atoms with Crippen molar-refractivity contribution in [3.63, 3.8) is 0 Å². The Bertz CT molecular complexity index is 551. The summed E-state index contributed by atoms with van der Waals surface area (Å²) in [4.78, 5) is 26.4. The Morgan fingerprint density at radius 2 is 2.48 bits per heavy atom. The molecule has 0 saturated carbocycles. The maximum Gasteiger partial charge on any atom is 0.317 e. The number of urea groups is 1. The summed E-state index contributed by atoms with van der Waals surface area (Å²) in [6.07, 6.45) is 0.777. The summed E-state index contributed by atoms with van der Waals surface area (Å²) >= 11 is 5.05. The lowest BCUT2D eigenvalue weighted by Crippen LogP contribution is -2.62. The smallest absolute Gasteiger partial charge is 0.317 e. The molecule has 1 aromatic heterocycles. The molecule has 2 fully saturated rings. The zero-order valence-electron chi connectivity index (χ0n) is 11.3. The molecule has 3 amide bonds. The molecule has 0 bridgehead atoms. The van der Waals surface area contributed by atoms with Gasteiger partial charge in [0, 0.05) is 22.4 Å². The van der Waals surface area contributed by atoms with Gasteiger partial charge in [0.25, 0.3) is 0 Å². The number of morpholine rings is 1. The van der Waals surface area contributed by atoms with Crippen molar-refractivity contribution >= 4 is 39.2 Å². The highest BCUT2D eigenvalue weighted by molar-refractivity contribution is 9.10. The van der Waals surface area contributed by atoms with E-state index >= 15 is 0 Å². The Kier molecular flexibility index (Phi) is 4.46. The second kappa shape index (κ2) is 6.33. The standard InChI is InChI=1S/C13H16BrN3O3S/c14-8-2-4-21-11(8)5-15-13(19)17-3-1-10-9(6-17)16-12(18)7-20-10/h2,4,9-10H,1,3,5-7H2,(H,15,19)(H,16,18)/t9-,10-/m0/s1. The molecule has 3 rings (SSSR count). The molecular weight excluding hydrogens is 358 g/mol. The Hall–Kier alpha value is -1.12. The maximum absolute atomic E-state index is 12.2. The van der Waals surface area contributed by atoms with Crippen molar-refractivity contribution in [2.75, 3.05) is 19.7 Å². The first-order valence-electron chi connectivity index (χ1n) is 6.79. The third-order valence-electron chi connectivity index (χ3n) is 3.70. The molecule has 8 heteroatoms. The van der Waals surface area contributed by atoms with E-state index in [-0.39, 0.29) is 30.7 Å². The highest BCUT2D eigenvalue weighted by Crippen LogP contribution is 2.22. The van der Waals surface area contributed by atoms with E-state index in [1.54, 1.807) is 16.2 Å². The molecule has 2 saturated heterocycles. The van der Waals surface area contributed by atoms with E-state index in [1.807, 2.05) is 11.4 Å². The minimum absolute atomic E-state index is 0.0261. The summed E-state index contributed by atoms with van der Waals surface area (Å²) in [6.45, 7) is 1.77. The van der Waals surface area contributed by atoms with Crippen LogP contribution in [0, 0.1) is 0 Å². The predicted molar refractivity (Wildman–Crippen MR) is 82.1 cm³/mol. The van der Waals surface area contributed by atoms with Gasteiger partial charge in [0.15, 0.2) is 0 Å². The molecule has 1 aromatic rings. The average Bonchev–Trinajstić information content (AvgIpc) is 2.89. The van der Waals surface area contributed by atoms with Gasteiger partial charge in [-0.2, -0.15) is 0 Å². The van der Waals surface area contributed by atoms with Gasteiger partial charge in [-0.1, -0.05) is 0 Å². The summed E-state index contributed by atoms with van der Waals surface area (Å²) in [5.41, 5.74) is 0. The van der Waals surface area contributed by atoms with E-state index in [4.69, 9.17) is 4.74 Å². The number of nitrogens with one attached hydrogen (secondary N) is 2. The summed E-state index contributed by atoms with van der Waals surface area (Å²) in [5, 5.41) is 7.79. The highest BCUT2D eigenvalue weighted by atomic mass is 79.9. The number of piperidine rings is 1. The number of halogens is 1. The maximum atomic E-state index is 12.2. The largest absolute Gasteiger partial charge is 0.366 e. The monoisotopic (exact) mass is 373 g/mol. The Labute approximate surface area is 135 Å². The number of nitrogens with zero attached hydrogens (tertiary/aromatic N) is 1. The van der Waals surface area contributed by atoms with Gasteiger partial charge in [-0.15, -0.1) is 11.3 Å². The zero-order valence-corrected chi connectivity index (χ0v) is 13.7. The van der Waals surface area contributed by atoms with E-state index < -0.39 is 0 Å². The van der Waals surface area contributed by atoms with Crippen molar-refractivity contribution in [1.82, 2.24) is 15.5 Å². The number of hydrogen-bond acceptors (Lipinski definition) is 4. The normalized spacial score (nSPS) is 25.2. The van der Waals surface area contributed by atoms with Crippen molar-refractivity contribution in [2.45, 2.75) is 25.1 Å². The van der Waals surface area contributed by atoms with Crippen LogP contribution in [0.4, 0.5) is 4.79 Å². The number of thiophene rings is 1. The van der Waals surface area contributed by atoms with Crippen molar-refractivity contribution in [2.24, 2.45) is 0 Å². The van der Waals surface area contributed by atoms with Crippen LogP contribution < -0.4 is 10.6 Å². The van der Waals surface area contributed by atoms with Crippen LogP contribution in [0.5, 0.6) is 0 Å². The molecule has 2 atom stereocenters. The second-order valence-electron chi connectivity index (χ2n) is 5.11. The van der Waals surface area contributed by atoms with Crippen LogP contribution in [0.3, 0.4) is 0 Å². The first kappa shape index (κ1) is 14.8. The Balaban J connectivity index is 1.53. The number of ether oxygens (including phenoxy) is 1. The lowest BCUT2D eigenvalue weighted by Gasteiger charge is -2.40. The summed E-state index contributed by atoms with van der Waals surface area (Å²) in [7, 11) is 0. The van der Waals surface area contributed by atoms with Crippen LogP contribution in [-0.4, -0.2) is 48.7 Å². The van der Waals surface area contributed by atoms with Gasteiger partial charge in [0.2, 0.25) is 5.91 Å². The van der Waals surface area contributed by atoms with Crippen LogP contribution in [0.2, 0.25) is 0 Å². The fourth-order valence-corrected chi connectivity index (χ4v) is 4.04. The summed E-state index contributed by atoms with van der Waals surface area (Å²) in [5.74, 6) is -0.110. The van der Waals surface area contributed by atoms with Crippen molar-refractivity contribution in [3.05, 3.63) is 20.8 Å². The summed E-state index contributed by atoms with van der Waals surface area (Å²) in [6, 6.07) is 1.76. The topological polar surface area (TPSA) is 70.7 Å². The van der Waals surface area contributed by atoms with Crippen LogP contribution in [0.25, 0.3) is 0 Å². The quantitative estimate of drug-likeness (QED) is 0.820. The molecule has 21 heavy (non-hydrogen) atoms. The molecule has 0 aromatic carbocycles. The molecule has 0 radical (unpaired) electrons. The Morgan fingerprint density at radius 3 is 3.24 bits per heavy atom. The van der Waals surface area contributed by atoms with Crippen LogP contribution >= 0.6 is 27.3 Å². The molecular formula is C13H16BrN3O3S. The molecule has 3 heterocycles. The first-order valence-corrected chi connectivity index (χ1v) is 8.46. The number of amides is 3. The van der Waals surface area contributed by atoms with Gasteiger partial charge in [-0.25, -0.2) is 4.79 Å². The van der Waals surface area contributed by atoms with Crippen molar-refractivity contribution in [3.8, 4) is 0 Å². The van der Waals surface area contributed by atoms with Crippen molar-refractivity contribution in [1.29, 1.82) is 0 Å². The van der Waals surface area contributed by atoms with Gasteiger partial charge in [-0.05, 0) is 33.8 Å². The molecule has 0 spiro atoms. The molecule has 0 unspecified atom stereocenters. The number of likely N-dealkylation sites (tertiary alicyclic amines) is 1. The molecule has 114 valence electrons. The SMILES string of the molecule is O=C1CO[C@H]2CCN(C(=O)NCc3sccc3Br)C[C@@H]2N1. The van der Waals surface area contributed by atoms with Gasteiger partial charge in [0.1, 0.15) is 6.61 Å². The lowest BCUT2D eigenvalue weighted by molar-refractivity contribution is -0.139. The molecule has 2 N–H and O–H groups in total. The third-order valence-corrected chi connectivity index (χ3v) is 5.63. The number of rotatable bonds is 2. The van der Waals surface area contributed by atoms with Crippen molar-refractivity contribution < 1.29 is 14.3 Å².